The Bertz CT molecular complexity index is 1220. The van der Waals surface area contributed by atoms with Crippen molar-refractivity contribution in [2.75, 3.05) is 19.6 Å². The van der Waals surface area contributed by atoms with Crippen molar-refractivity contribution in [2.45, 2.75) is 25.2 Å². The molecule has 0 atom stereocenters. The summed E-state index contributed by atoms with van der Waals surface area (Å²) in [6, 6.07) is 26.0. The molecule has 5 rings (SSSR count). The smallest absolute Gasteiger partial charge is 0.270 e. The van der Waals surface area contributed by atoms with Crippen molar-refractivity contribution in [1.29, 1.82) is 0 Å². The second-order valence-electron chi connectivity index (χ2n) is 8.62. The van der Waals surface area contributed by atoms with Crippen LogP contribution in [0.15, 0.2) is 78.9 Å². The Kier molecular flexibility index (Phi) is 5.73. The van der Waals surface area contributed by atoms with Crippen LogP contribution in [-0.2, 0) is 6.42 Å². The maximum Gasteiger partial charge on any atom is 0.270 e. The number of nitro benzene ring substituents is 1. The Morgan fingerprint density at radius 1 is 0.938 bits per heavy atom. The van der Waals surface area contributed by atoms with E-state index in [1.54, 1.807) is 18.2 Å². The first-order valence-corrected chi connectivity index (χ1v) is 11.3. The van der Waals surface area contributed by atoms with Crippen LogP contribution in [0.4, 0.5) is 5.69 Å². The molecule has 1 fully saturated rings. The SMILES string of the molecule is O=[N+]([O-])c1cccc(-c2[nH]c3ccccc3c2C2CCN(CCc3ccccc3)CC2)c1. The first kappa shape index (κ1) is 20.5. The van der Waals surface area contributed by atoms with E-state index in [4.69, 9.17) is 0 Å². The van der Waals surface area contributed by atoms with Crippen molar-refractivity contribution in [1.82, 2.24) is 9.88 Å². The fraction of sp³-hybridized carbons (Fsp3) is 0.259. The van der Waals surface area contributed by atoms with Crippen molar-refractivity contribution < 1.29 is 4.92 Å². The molecular formula is C27H27N3O2. The number of nitro groups is 1. The molecule has 1 aromatic heterocycles. The Morgan fingerprint density at radius 3 is 2.47 bits per heavy atom. The average molecular weight is 426 g/mol. The number of non-ortho nitro benzene ring substituents is 1. The van der Waals surface area contributed by atoms with Crippen LogP contribution >= 0.6 is 0 Å². The van der Waals surface area contributed by atoms with E-state index in [2.05, 4.69) is 58.4 Å². The number of para-hydroxylation sites is 1. The summed E-state index contributed by atoms with van der Waals surface area (Å²) >= 11 is 0. The Labute approximate surface area is 187 Å². The van der Waals surface area contributed by atoms with Gasteiger partial charge in [-0.05, 0) is 55.5 Å². The summed E-state index contributed by atoms with van der Waals surface area (Å²) in [5.41, 5.74) is 5.83. The number of rotatable bonds is 6. The Balaban J connectivity index is 1.39. The Morgan fingerprint density at radius 2 is 1.69 bits per heavy atom. The monoisotopic (exact) mass is 425 g/mol. The Hall–Kier alpha value is -3.44. The van der Waals surface area contributed by atoms with Crippen molar-refractivity contribution in [3.63, 3.8) is 0 Å². The van der Waals surface area contributed by atoms with E-state index in [0.717, 1.165) is 55.7 Å². The highest BCUT2D eigenvalue weighted by atomic mass is 16.6. The molecule has 1 N–H and O–H groups in total. The lowest BCUT2D eigenvalue weighted by Crippen LogP contribution is -2.34. The molecule has 0 spiro atoms. The molecule has 5 nitrogen and oxygen atoms in total. The molecule has 2 heterocycles. The number of aromatic nitrogens is 1. The predicted molar refractivity (Wildman–Crippen MR) is 129 cm³/mol. The van der Waals surface area contributed by atoms with Gasteiger partial charge in [-0.25, -0.2) is 0 Å². The maximum absolute atomic E-state index is 11.3. The number of nitrogens with zero attached hydrogens (tertiary/aromatic N) is 2. The molecule has 3 aromatic carbocycles. The minimum absolute atomic E-state index is 0.128. The van der Waals surface area contributed by atoms with E-state index in [9.17, 15) is 10.1 Å². The van der Waals surface area contributed by atoms with Gasteiger partial charge in [0.15, 0.2) is 0 Å². The number of aromatic amines is 1. The molecule has 5 heteroatoms. The highest BCUT2D eigenvalue weighted by Crippen LogP contribution is 2.40. The van der Waals surface area contributed by atoms with Crippen LogP contribution in [0.1, 0.15) is 29.9 Å². The predicted octanol–water partition coefficient (Wildman–Crippen LogP) is 6.17. The fourth-order valence-corrected chi connectivity index (χ4v) is 4.97. The zero-order valence-electron chi connectivity index (χ0n) is 18.0. The molecule has 0 amide bonds. The van der Waals surface area contributed by atoms with Gasteiger partial charge in [-0.3, -0.25) is 10.1 Å². The third kappa shape index (κ3) is 4.16. The summed E-state index contributed by atoms with van der Waals surface area (Å²) in [5.74, 6) is 0.438. The standard InChI is InChI=1S/C27H27N3O2/c31-30(32)23-10-6-9-22(19-23)27-26(24-11-4-5-12-25(24)28-27)21-14-17-29(18-15-21)16-13-20-7-2-1-3-8-20/h1-12,19,21,28H,13-18H2. The van der Waals surface area contributed by atoms with E-state index >= 15 is 0 Å². The van der Waals surface area contributed by atoms with Gasteiger partial charge in [0.2, 0.25) is 0 Å². The summed E-state index contributed by atoms with van der Waals surface area (Å²) in [5, 5.41) is 12.6. The summed E-state index contributed by atoms with van der Waals surface area (Å²) in [6.45, 7) is 3.24. The van der Waals surface area contributed by atoms with Crippen LogP contribution < -0.4 is 0 Å². The number of H-pyrrole nitrogens is 1. The van der Waals surface area contributed by atoms with E-state index in [-0.39, 0.29) is 10.6 Å². The van der Waals surface area contributed by atoms with E-state index < -0.39 is 0 Å². The lowest BCUT2D eigenvalue weighted by molar-refractivity contribution is -0.384. The van der Waals surface area contributed by atoms with Gasteiger partial charge in [-0.2, -0.15) is 0 Å². The highest BCUT2D eigenvalue weighted by molar-refractivity contribution is 5.91. The molecule has 1 saturated heterocycles. The van der Waals surface area contributed by atoms with Crippen LogP contribution in [0.3, 0.4) is 0 Å². The maximum atomic E-state index is 11.3. The number of fused-ring (bicyclic) bond motifs is 1. The quantitative estimate of drug-likeness (QED) is 0.297. The van der Waals surface area contributed by atoms with Crippen LogP contribution in [0, 0.1) is 10.1 Å². The number of piperidine rings is 1. The number of nitrogens with one attached hydrogen (secondary N) is 1. The van der Waals surface area contributed by atoms with Gasteiger partial charge in [-0.1, -0.05) is 60.7 Å². The first-order chi connectivity index (χ1) is 15.7. The van der Waals surface area contributed by atoms with Crippen molar-refractivity contribution in [3.05, 3.63) is 100 Å². The minimum Gasteiger partial charge on any atom is -0.354 e. The molecular weight excluding hydrogens is 398 g/mol. The van der Waals surface area contributed by atoms with Gasteiger partial charge in [0, 0.05) is 35.1 Å². The fourth-order valence-electron chi connectivity index (χ4n) is 4.97. The molecule has 0 bridgehead atoms. The second kappa shape index (κ2) is 8.97. The van der Waals surface area contributed by atoms with Gasteiger partial charge in [0.05, 0.1) is 10.6 Å². The number of hydrogen-bond donors (Lipinski definition) is 1. The molecule has 0 saturated carbocycles. The summed E-state index contributed by atoms with van der Waals surface area (Å²) < 4.78 is 0. The van der Waals surface area contributed by atoms with Crippen molar-refractivity contribution >= 4 is 16.6 Å². The van der Waals surface area contributed by atoms with Crippen LogP contribution in [0.5, 0.6) is 0 Å². The zero-order valence-corrected chi connectivity index (χ0v) is 18.0. The molecule has 1 aliphatic heterocycles. The average Bonchev–Trinajstić information content (AvgIpc) is 3.23. The minimum atomic E-state index is -0.322. The lowest BCUT2D eigenvalue weighted by atomic mass is 9.86. The van der Waals surface area contributed by atoms with E-state index in [0.29, 0.717) is 5.92 Å². The van der Waals surface area contributed by atoms with Crippen LogP contribution in [0.25, 0.3) is 22.2 Å². The van der Waals surface area contributed by atoms with Gasteiger partial charge in [0.25, 0.3) is 5.69 Å². The van der Waals surface area contributed by atoms with Gasteiger partial charge in [0.1, 0.15) is 0 Å². The van der Waals surface area contributed by atoms with Gasteiger partial charge in [-0.15, -0.1) is 0 Å². The molecule has 0 radical (unpaired) electrons. The largest absolute Gasteiger partial charge is 0.354 e. The molecule has 0 unspecified atom stereocenters. The third-order valence-electron chi connectivity index (χ3n) is 6.65. The molecule has 1 aliphatic rings. The normalized spacial score (nSPS) is 15.2. The zero-order chi connectivity index (χ0) is 21.9. The van der Waals surface area contributed by atoms with Crippen LogP contribution in [-0.4, -0.2) is 34.4 Å². The van der Waals surface area contributed by atoms with Crippen molar-refractivity contribution in [3.8, 4) is 11.3 Å². The van der Waals surface area contributed by atoms with Gasteiger partial charge < -0.3 is 9.88 Å². The summed E-state index contributed by atoms with van der Waals surface area (Å²) in [4.78, 5) is 17.1. The van der Waals surface area contributed by atoms with E-state index in [1.807, 2.05) is 12.1 Å². The highest BCUT2D eigenvalue weighted by Gasteiger charge is 2.26. The van der Waals surface area contributed by atoms with Crippen LogP contribution in [0.2, 0.25) is 0 Å². The molecule has 32 heavy (non-hydrogen) atoms. The summed E-state index contributed by atoms with van der Waals surface area (Å²) in [6.07, 6.45) is 3.27. The lowest BCUT2D eigenvalue weighted by Gasteiger charge is -2.32. The summed E-state index contributed by atoms with van der Waals surface area (Å²) in [7, 11) is 0. The van der Waals surface area contributed by atoms with E-state index in [1.165, 1.54) is 16.5 Å². The first-order valence-electron chi connectivity index (χ1n) is 11.3. The number of hydrogen-bond acceptors (Lipinski definition) is 3. The molecule has 4 aromatic rings. The molecule has 0 aliphatic carbocycles. The molecule has 162 valence electrons. The number of likely N-dealkylation sites (tertiary alicyclic amines) is 1. The van der Waals surface area contributed by atoms with Gasteiger partial charge >= 0.3 is 0 Å². The third-order valence-corrected chi connectivity index (χ3v) is 6.65. The second-order valence-corrected chi connectivity index (χ2v) is 8.62. The van der Waals surface area contributed by atoms with Crippen molar-refractivity contribution in [2.24, 2.45) is 0 Å². The number of benzene rings is 3. The topological polar surface area (TPSA) is 62.2 Å².